The average Bonchev–Trinajstić information content (AvgIpc) is 3.18. The zero-order valence-electron chi connectivity index (χ0n) is 18.6. The van der Waals surface area contributed by atoms with Gasteiger partial charge in [0.2, 0.25) is 0 Å². The number of carbonyl (C=O) groups is 2. The highest BCUT2D eigenvalue weighted by Gasteiger charge is 2.34. The van der Waals surface area contributed by atoms with E-state index < -0.39 is 0 Å². The van der Waals surface area contributed by atoms with Crippen molar-refractivity contribution in [1.29, 1.82) is 5.41 Å². The Morgan fingerprint density at radius 3 is 2.61 bits per heavy atom. The van der Waals surface area contributed by atoms with E-state index in [4.69, 9.17) is 20.6 Å². The number of nitrogens with one attached hydrogen (secondary N) is 1. The third kappa shape index (κ3) is 6.10. The van der Waals surface area contributed by atoms with Crippen LogP contribution in [0.2, 0.25) is 0 Å². The molecule has 4 rings (SSSR count). The lowest BCUT2D eigenvalue weighted by atomic mass is 9.94. The van der Waals surface area contributed by atoms with E-state index in [-0.39, 0.29) is 29.9 Å². The van der Waals surface area contributed by atoms with Gasteiger partial charge in [0.15, 0.2) is 0 Å². The Bertz CT molecular complexity index is 980. The standard InChI is InChI=1S/C25H30N4O4/c26-24(27)20-8-10-21(11-9-20)29-16-22(33-25(29)31)15-28-12-4-7-19(14-28)13-23(30)32-17-18-5-2-1-3-6-18/h1-3,5-6,8-11,19,22H,4,7,12-17H2,(H3,26,27). The first-order valence-electron chi connectivity index (χ1n) is 11.3. The van der Waals surface area contributed by atoms with Gasteiger partial charge in [-0.1, -0.05) is 30.3 Å². The van der Waals surface area contributed by atoms with Gasteiger partial charge in [-0.25, -0.2) is 4.79 Å². The molecule has 0 radical (unpaired) electrons. The summed E-state index contributed by atoms with van der Waals surface area (Å²) in [6.07, 6.45) is 1.81. The largest absolute Gasteiger partial charge is 0.461 e. The first-order valence-corrected chi connectivity index (χ1v) is 11.3. The van der Waals surface area contributed by atoms with Crippen molar-refractivity contribution < 1.29 is 19.1 Å². The van der Waals surface area contributed by atoms with Crippen LogP contribution in [0.1, 0.15) is 30.4 Å². The van der Waals surface area contributed by atoms with Crippen LogP contribution in [0.25, 0.3) is 0 Å². The van der Waals surface area contributed by atoms with E-state index in [1.807, 2.05) is 30.3 Å². The second kappa shape index (κ2) is 10.5. The Hall–Kier alpha value is -3.39. The Morgan fingerprint density at radius 2 is 1.88 bits per heavy atom. The Kier molecular flexibility index (Phi) is 7.24. The van der Waals surface area contributed by atoms with Crippen molar-refractivity contribution in [2.75, 3.05) is 31.1 Å². The van der Waals surface area contributed by atoms with E-state index >= 15 is 0 Å². The number of rotatable bonds is 8. The molecule has 0 aromatic heterocycles. The maximum Gasteiger partial charge on any atom is 0.414 e. The molecule has 174 valence electrons. The van der Waals surface area contributed by atoms with Crippen molar-refractivity contribution in [3.8, 4) is 0 Å². The third-order valence-electron chi connectivity index (χ3n) is 6.13. The number of esters is 1. The summed E-state index contributed by atoms with van der Waals surface area (Å²) < 4.78 is 11.0. The Labute approximate surface area is 193 Å². The number of likely N-dealkylation sites (tertiary alicyclic amines) is 1. The van der Waals surface area contributed by atoms with Gasteiger partial charge in [0.1, 0.15) is 18.5 Å². The molecule has 0 saturated carbocycles. The summed E-state index contributed by atoms with van der Waals surface area (Å²) >= 11 is 0. The van der Waals surface area contributed by atoms with Crippen molar-refractivity contribution >= 4 is 23.6 Å². The highest BCUT2D eigenvalue weighted by atomic mass is 16.6. The summed E-state index contributed by atoms with van der Waals surface area (Å²) in [6.45, 7) is 3.14. The Morgan fingerprint density at radius 1 is 1.12 bits per heavy atom. The average molecular weight is 451 g/mol. The lowest BCUT2D eigenvalue weighted by Crippen LogP contribution is -2.42. The first kappa shape index (κ1) is 22.8. The van der Waals surface area contributed by atoms with Crippen LogP contribution >= 0.6 is 0 Å². The number of nitrogens with two attached hydrogens (primary N) is 1. The van der Waals surface area contributed by atoms with Crippen LogP contribution in [0.5, 0.6) is 0 Å². The fourth-order valence-corrected chi connectivity index (χ4v) is 4.45. The molecule has 2 heterocycles. The highest BCUT2D eigenvalue weighted by molar-refractivity contribution is 5.96. The summed E-state index contributed by atoms with van der Waals surface area (Å²) in [5.74, 6) is 0.0690. The SMILES string of the molecule is N=C(N)c1ccc(N2CC(CN3CCCC(CC(=O)OCc4ccccc4)C3)OC2=O)cc1. The molecule has 0 aliphatic carbocycles. The lowest BCUT2D eigenvalue weighted by molar-refractivity contribution is -0.146. The molecule has 2 aliphatic rings. The van der Waals surface area contributed by atoms with Gasteiger partial charge in [-0.3, -0.25) is 20.0 Å². The molecule has 0 spiro atoms. The molecule has 0 bridgehead atoms. The molecule has 8 nitrogen and oxygen atoms in total. The molecule has 2 saturated heterocycles. The number of ether oxygens (including phenoxy) is 2. The number of carbonyl (C=O) groups excluding carboxylic acids is 2. The Balaban J connectivity index is 1.24. The van der Waals surface area contributed by atoms with Crippen molar-refractivity contribution in [3.63, 3.8) is 0 Å². The normalized spacial score (nSPS) is 21.0. The van der Waals surface area contributed by atoms with Gasteiger partial charge < -0.3 is 15.2 Å². The molecule has 3 N–H and O–H groups in total. The smallest absolute Gasteiger partial charge is 0.414 e. The topological polar surface area (TPSA) is 109 Å². The third-order valence-corrected chi connectivity index (χ3v) is 6.13. The van der Waals surface area contributed by atoms with Crippen LogP contribution < -0.4 is 10.6 Å². The van der Waals surface area contributed by atoms with Crippen molar-refractivity contribution in [1.82, 2.24) is 4.90 Å². The van der Waals surface area contributed by atoms with Gasteiger partial charge in [-0.15, -0.1) is 0 Å². The van der Waals surface area contributed by atoms with Crippen LogP contribution in [-0.2, 0) is 20.9 Å². The number of hydrogen-bond acceptors (Lipinski definition) is 6. The van der Waals surface area contributed by atoms with Crippen LogP contribution in [0.4, 0.5) is 10.5 Å². The highest BCUT2D eigenvalue weighted by Crippen LogP contribution is 2.25. The molecule has 2 aliphatic heterocycles. The monoisotopic (exact) mass is 450 g/mol. The minimum absolute atomic E-state index is 0.00738. The van der Waals surface area contributed by atoms with Gasteiger partial charge in [0.05, 0.1) is 6.54 Å². The number of cyclic esters (lactones) is 1. The number of nitrogens with zero attached hydrogens (tertiary/aromatic N) is 2. The number of hydrogen-bond donors (Lipinski definition) is 2. The molecule has 2 fully saturated rings. The molecular weight excluding hydrogens is 420 g/mol. The number of anilines is 1. The molecule has 2 atom stereocenters. The summed E-state index contributed by atoms with van der Waals surface area (Å²) in [7, 11) is 0. The van der Waals surface area contributed by atoms with Crippen molar-refractivity contribution in [2.24, 2.45) is 11.7 Å². The predicted octanol–water partition coefficient (Wildman–Crippen LogP) is 3.14. The molecular formula is C25H30N4O4. The quantitative estimate of drug-likeness (QED) is 0.363. The number of amidine groups is 1. The fraction of sp³-hybridized carbons (Fsp3) is 0.400. The van der Waals surface area contributed by atoms with Gasteiger partial charge in [0.25, 0.3) is 0 Å². The minimum atomic E-state index is -0.367. The van der Waals surface area contributed by atoms with E-state index in [2.05, 4.69) is 4.90 Å². The van der Waals surface area contributed by atoms with E-state index in [1.165, 1.54) is 0 Å². The van der Waals surface area contributed by atoms with E-state index in [9.17, 15) is 9.59 Å². The minimum Gasteiger partial charge on any atom is -0.461 e. The first-order chi connectivity index (χ1) is 16.0. The summed E-state index contributed by atoms with van der Waals surface area (Å²) in [5.41, 5.74) is 7.83. The van der Waals surface area contributed by atoms with E-state index in [0.29, 0.717) is 31.7 Å². The van der Waals surface area contributed by atoms with Gasteiger partial charge >= 0.3 is 12.1 Å². The predicted molar refractivity (Wildman–Crippen MR) is 125 cm³/mol. The molecule has 8 heteroatoms. The van der Waals surface area contributed by atoms with Crippen LogP contribution in [0, 0.1) is 11.3 Å². The molecule has 2 aromatic rings. The summed E-state index contributed by atoms with van der Waals surface area (Å²) in [5, 5.41) is 7.49. The number of amides is 1. The van der Waals surface area contributed by atoms with Gasteiger partial charge in [0, 0.05) is 30.8 Å². The van der Waals surface area contributed by atoms with Gasteiger partial charge in [-0.05, 0) is 55.1 Å². The maximum absolute atomic E-state index is 12.4. The van der Waals surface area contributed by atoms with E-state index in [0.717, 1.165) is 37.2 Å². The maximum atomic E-state index is 12.4. The second-order valence-electron chi connectivity index (χ2n) is 8.70. The summed E-state index contributed by atoms with van der Waals surface area (Å²) in [4.78, 5) is 28.6. The number of piperidine rings is 1. The zero-order chi connectivity index (χ0) is 23.2. The van der Waals surface area contributed by atoms with Crippen LogP contribution in [-0.4, -0.2) is 55.1 Å². The van der Waals surface area contributed by atoms with Crippen LogP contribution in [0.15, 0.2) is 54.6 Å². The molecule has 1 amide bonds. The van der Waals surface area contributed by atoms with Crippen molar-refractivity contribution in [2.45, 2.75) is 32.0 Å². The molecule has 2 unspecified atom stereocenters. The molecule has 33 heavy (non-hydrogen) atoms. The second-order valence-corrected chi connectivity index (χ2v) is 8.70. The van der Waals surface area contributed by atoms with Crippen molar-refractivity contribution in [3.05, 3.63) is 65.7 Å². The summed E-state index contributed by atoms with van der Waals surface area (Å²) in [6, 6.07) is 16.7. The van der Waals surface area contributed by atoms with Crippen LogP contribution in [0.3, 0.4) is 0 Å². The zero-order valence-corrected chi connectivity index (χ0v) is 18.6. The molecule has 2 aromatic carbocycles. The fourth-order valence-electron chi connectivity index (χ4n) is 4.45. The number of nitrogen functional groups attached to an aromatic ring is 1. The lowest BCUT2D eigenvalue weighted by Gasteiger charge is -2.33. The number of benzene rings is 2. The van der Waals surface area contributed by atoms with Gasteiger partial charge in [-0.2, -0.15) is 0 Å². The van der Waals surface area contributed by atoms with E-state index in [1.54, 1.807) is 29.2 Å².